The van der Waals surface area contributed by atoms with E-state index in [4.69, 9.17) is 0 Å². The molecule has 1 aliphatic carbocycles. The molecule has 0 aliphatic heterocycles. The summed E-state index contributed by atoms with van der Waals surface area (Å²) in [5.74, 6) is -1.09. The Morgan fingerprint density at radius 1 is 1.19 bits per heavy atom. The Hall–Kier alpha value is -1.84. The van der Waals surface area contributed by atoms with Crippen LogP contribution >= 0.6 is 0 Å². The lowest BCUT2D eigenvalue weighted by molar-refractivity contribution is -0.142. The van der Waals surface area contributed by atoms with Gasteiger partial charge in [-0.1, -0.05) is 49.1 Å². The van der Waals surface area contributed by atoms with Crippen LogP contribution < -0.4 is 5.32 Å². The highest BCUT2D eigenvalue weighted by Gasteiger charge is 2.26. The predicted molar refractivity (Wildman–Crippen MR) is 81.0 cm³/mol. The molecule has 0 bridgehead atoms. The van der Waals surface area contributed by atoms with E-state index in [-0.39, 0.29) is 11.8 Å². The fourth-order valence-electron chi connectivity index (χ4n) is 2.81. The molecule has 0 unspecified atom stereocenters. The smallest absolute Gasteiger partial charge is 0.326 e. The van der Waals surface area contributed by atoms with Gasteiger partial charge in [0.1, 0.15) is 6.04 Å². The van der Waals surface area contributed by atoms with Crippen LogP contribution in [-0.2, 0) is 16.0 Å². The first-order valence-electron chi connectivity index (χ1n) is 7.65. The summed E-state index contributed by atoms with van der Waals surface area (Å²) in [6.07, 6.45) is 5.39. The topological polar surface area (TPSA) is 66.4 Å². The van der Waals surface area contributed by atoms with Crippen LogP contribution in [0.4, 0.5) is 0 Å². The van der Waals surface area contributed by atoms with E-state index in [1.165, 1.54) is 6.42 Å². The highest BCUT2D eigenvalue weighted by molar-refractivity contribution is 5.85. The van der Waals surface area contributed by atoms with Gasteiger partial charge in [-0.05, 0) is 25.3 Å². The number of carboxylic acid groups (broad SMARTS) is 1. The normalized spacial score (nSPS) is 17.2. The Balaban J connectivity index is 1.96. The van der Waals surface area contributed by atoms with E-state index in [2.05, 4.69) is 5.32 Å². The van der Waals surface area contributed by atoms with Crippen LogP contribution in [0.1, 0.15) is 43.2 Å². The van der Waals surface area contributed by atoms with Gasteiger partial charge in [-0.2, -0.15) is 0 Å². The Bertz CT molecular complexity index is 489. The van der Waals surface area contributed by atoms with Crippen molar-refractivity contribution in [2.75, 3.05) is 0 Å². The van der Waals surface area contributed by atoms with Gasteiger partial charge < -0.3 is 10.4 Å². The van der Waals surface area contributed by atoms with Crippen molar-refractivity contribution in [2.24, 2.45) is 5.92 Å². The monoisotopic (exact) mass is 289 g/mol. The molecule has 21 heavy (non-hydrogen) atoms. The Morgan fingerprint density at radius 2 is 1.81 bits per heavy atom. The second-order valence-electron chi connectivity index (χ2n) is 5.92. The number of amides is 1. The van der Waals surface area contributed by atoms with E-state index in [1.807, 2.05) is 31.2 Å². The molecule has 2 N–H and O–H groups in total. The summed E-state index contributed by atoms with van der Waals surface area (Å²) < 4.78 is 0. The average Bonchev–Trinajstić information content (AvgIpc) is 2.49. The summed E-state index contributed by atoms with van der Waals surface area (Å²) in [6, 6.07) is 6.90. The number of benzene rings is 1. The highest BCUT2D eigenvalue weighted by atomic mass is 16.4. The van der Waals surface area contributed by atoms with Crippen molar-refractivity contribution in [2.45, 2.75) is 51.5 Å². The number of hydrogen-bond donors (Lipinski definition) is 2. The largest absolute Gasteiger partial charge is 0.480 e. The molecular weight excluding hydrogens is 266 g/mol. The first-order chi connectivity index (χ1) is 10.1. The summed E-state index contributed by atoms with van der Waals surface area (Å²) >= 11 is 0. The molecule has 0 radical (unpaired) electrons. The van der Waals surface area contributed by atoms with E-state index in [0.717, 1.165) is 36.8 Å². The van der Waals surface area contributed by atoms with E-state index >= 15 is 0 Å². The maximum absolute atomic E-state index is 12.2. The molecule has 1 amide bonds. The van der Waals surface area contributed by atoms with Gasteiger partial charge in [0.25, 0.3) is 0 Å². The van der Waals surface area contributed by atoms with Crippen LogP contribution in [-0.4, -0.2) is 23.0 Å². The van der Waals surface area contributed by atoms with Crippen LogP contribution in [0.3, 0.4) is 0 Å². The molecule has 0 heterocycles. The minimum atomic E-state index is -0.972. The van der Waals surface area contributed by atoms with E-state index in [1.54, 1.807) is 0 Å². The van der Waals surface area contributed by atoms with Gasteiger partial charge in [0.2, 0.25) is 5.91 Å². The van der Waals surface area contributed by atoms with Crippen LogP contribution in [0.2, 0.25) is 0 Å². The van der Waals surface area contributed by atoms with Gasteiger partial charge in [-0.15, -0.1) is 0 Å². The molecule has 1 fully saturated rings. The summed E-state index contributed by atoms with van der Waals surface area (Å²) in [7, 11) is 0. The average molecular weight is 289 g/mol. The second kappa shape index (κ2) is 7.25. The van der Waals surface area contributed by atoms with Gasteiger partial charge in [-0.3, -0.25) is 4.79 Å². The SMILES string of the molecule is Cc1ccc(C[C@@H](NC(=O)C2CCCCC2)C(=O)O)cc1. The number of nitrogens with one attached hydrogen (secondary N) is 1. The molecule has 114 valence electrons. The number of aryl methyl sites for hydroxylation is 1. The Kier molecular flexibility index (Phi) is 5.37. The minimum Gasteiger partial charge on any atom is -0.480 e. The Morgan fingerprint density at radius 3 is 2.38 bits per heavy atom. The quantitative estimate of drug-likeness (QED) is 0.876. The van der Waals surface area contributed by atoms with Crippen molar-refractivity contribution in [3.05, 3.63) is 35.4 Å². The molecule has 4 nitrogen and oxygen atoms in total. The molecule has 2 rings (SSSR count). The maximum Gasteiger partial charge on any atom is 0.326 e. The predicted octanol–water partition coefficient (Wildman–Crippen LogP) is 2.69. The highest BCUT2D eigenvalue weighted by Crippen LogP contribution is 2.23. The number of hydrogen-bond acceptors (Lipinski definition) is 2. The van der Waals surface area contributed by atoms with Crippen LogP contribution in [0.5, 0.6) is 0 Å². The zero-order valence-corrected chi connectivity index (χ0v) is 12.5. The fourth-order valence-corrected chi connectivity index (χ4v) is 2.81. The lowest BCUT2D eigenvalue weighted by atomic mass is 9.88. The number of carbonyl (C=O) groups excluding carboxylic acids is 1. The molecule has 0 spiro atoms. The summed E-state index contributed by atoms with van der Waals surface area (Å²) in [6.45, 7) is 1.99. The van der Waals surface area contributed by atoms with Crippen LogP contribution in [0.15, 0.2) is 24.3 Å². The molecule has 1 saturated carbocycles. The third-order valence-corrected chi connectivity index (χ3v) is 4.15. The lowest BCUT2D eigenvalue weighted by Crippen LogP contribution is -2.45. The second-order valence-corrected chi connectivity index (χ2v) is 5.92. The molecule has 0 aromatic heterocycles. The molecule has 1 aromatic carbocycles. The molecule has 1 aliphatic rings. The number of aliphatic carboxylic acids is 1. The standard InChI is InChI=1S/C17H23NO3/c1-12-7-9-13(10-8-12)11-15(17(20)21)18-16(19)14-5-3-2-4-6-14/h7-10,14-15H,2-6,11H2,1H3,(H,18,19)(H,20,21)/t15-/m1/s1. The summed E-state index contributed by atoms with van der Waals surface area (Å²) in [5, 5.41) is 12.0. The van der Waals surface area contributed by atoms with Crippen molar-refractivity contribution < 1.29 is 14.7 Å². The zero-order chi connectivity index (χ0) is 15.2. The van der Waals surface area contributed by atoms with Crippen molar-refractivity contribution >= 4 is 11.9 Å². The Labute approximate surface area is 125 Å². The third-order valence-electron chi connectivity index (χ3n) is 4.15. The van der Waals surface area contributed by atoms with Crippen molar-refractivity contribution in [3.8, 4) is 0 Å². The summed E-state index contributed by atoms with van der Waals surface area (Å²) in [5.41, 5.74) is 2.06. The van der Waals surface area contributed by atoms with Crippen molar-refractivity contribution in [1.82, 2.24) is 5.32 Å². The zero-order valence-electron chi connectivity index (χ0n) is 12.5. The maximum atomic E-state index is 12.2. The minimum absolute atomic E-state index is 0.0152. The van der Waals surface area contributed by atoms with Crippen molar-refractivity contribution in [1.29, 1.82) is 0 Å². The van der Waals surface area contributed by atoms with Crippen LogP contribution in [0.25, 0.3) is 0 Å². The third kappa shape index (κ3) is 4.59. The van der Waals surface area contributed by atoms with E-state index in [0.29, 0.717) is 6.42 Å². The number of carboxylic acids is 1. The van der Waals surface area contributed by atoms with Gasteiger partial charge in [0.05, 0.1) is 0 Å². The van der Waals surface area contributed by atoms with Gasteiger partial charge in [0.15, 0.2) is 0 Å². The first-order valence-corrected chi connectivity index (χ1v) is 7.65. The van der Waals surface area contributed by atoms with E-state index in [9.17, 15) is 14.7 Å². The van der Waals surface area contributed by atoms with Gasteiger partial charge in [0, 0.05) is 12.3 Å². The molecular formula is C17H23NO3. The van der Waals surface area contributed by atoms with E-state index < -0.39 is 12.0 Å². The number of rotatable bonds is 5. The van der Waals surface area contributed by atoms with Gasteiger partial charge >= 0.3 is 5.97 Å². The molecule has 1 aromatic rings. The fraction of sp³-hybridized carbons (Fsp3) is 0.529. The molecule has 1 atom stereocenters. The molecule has 4 heteroatoms. The van der Waals surface area contributed by atoms with Crippen LogP contribution in [0, 0.1) is 12.8 Å². The first kappa shape index (κ1) is 15.5. The number of carbonyl (C=O) groups is 2. The summed E-state index contributed by atoms with van der Waals surface area (Å²) in [4.78, 5) is 23.6. The lowest BCUT2D eigenvalue weighted by Gasteiger charge is -2.23. The van der Waals surface area contributed by atoms with Gasteiger partial charge in [-0.25, -0.2) is 4.79 Å². The molecule has 0 saturated heterocycles. The van der Waals surface area contributed by atoms with Crippen molar-refractivity contribution in [3.63, 3.8) is 0 Å².